The van der Waals surface area contributed by atoms with Crippen LogP contribution in [0.2, 0.25) is 0 Å². The summed E-state index contributed by atoms with van der Waals surface area (Å²) in [5, 5.41) is 0. The highest BCUT2D eigenvalue weighted by Gasteiger charge is 2.14. The smallest absolute Gasteiger partial charge is 0.222 e. The number of hydrogen-bond donors (Lipinski definition) is 0. The molecule has 0 spiro atoms. The Labute approximate surface area is 74.7 Å². The summed E-state index contributed by atoms with van der Waals surface area (Å²) in [7, 11) is 1.84. The minimum absolute atomic E-state index is 0.292. The Balaban J connectivity index is 0.000000217. The lowest BCUT2D eigenvalue weighted by molar-refractivity contribution is -0.126. The largest absolute Gasteiger partial charge is 0.382 e. The van der Waals surface area contributed by atoms with Crippen molar-refractivity contribution in [1.82, 2.24) is 4.90 Å². The molecule has 1 heterocycles. The van der Waals surface area contributed by atoms with E-state index >= 15 is 0 Å². The monoisotopic (exact) mass is 173 g/mol. The summed E-state index contributed by atoms with van der Waals surface area (Å²) in [4.78, 5) is 12.3. The predicted molar refractivity (Wildman–Crippen MR) is 49.0 cm³/mol. The first-order chi connectivity index (χ1) is 5.72. The van der Waals surface area contributed by atoms with Gasteiger partial charge in [-0.1, -0.05) is 0 Å². The molecule has 1 rings (SSSR count). The second-order valence-electron chi connectivity index (χ2n) is 2.70. The first-order valence-corrected chi connectivity index (χ1v) is 4.54. The molecule has 3 heteroatoms. The van der Waals surface area contributed by atoms with Crippen LogP contribution in [0.4, 0.5) is 0 Å². The van der Waals surface area contributed by atoms with Crippen LogP contribution >= 0.6 is 0 Å². The van der Waals surface area contributed by atoms with Gasteiger partial charge in [0.25, 0.3) is 0 Å². The first-order valence-electron chi connectivity index (χ1n) is 4.54. The van der Waals surface area contributed by atoms with Crippen LogP contribution in [0.1, 0.15) is 26.7 Å². The highest BCUT2D eigenvalue weighted by molar-refractivity contribution is 5.77. The summed E-state index contributed by atoms with van der Waals surface area (Å²) in [5.41, 5.74) is 0. The molecule has 12 heavy (non-hydrogen) atoms. The second kappa shape index (κ2) is 7.10. The summed E-state index contributed by atoms with van der Waals surface area (Å²) in [5.74, 6) is 0.292. The van der Waals surface area contributed by atoms with Crippen molar-refractivity contribution >= 4 is 5.91 Å². The standard InChI is InChI=1S/C5H9NO.C4H10O/c1-6-4-2-3-5(6)7;1-3-5-4-2/h2-4H2,1H3;3-4H2,1-2H3. The fraction of sp³-hybridized carbons (Fsp3) is 0.889. The molecule has 0 bridgehead atoms. The molecule has 1 amide bonds. The predicted octanol–water partition coefficient (Wildman–Crippen LogP) is 1.28. The van der Waals surface area contributed by atoms with E-state index in [2.05, 4.69) is 0 Å². The zero-order valence-corrected chi connectivity index (χ0v) is 8.30. The molecule has 1 fully saturated rings. The lowest BCUT2D eigenvalue weighted by Crippen LogP contribution is -2.17. The minimum Gasteiger partial charge on any atom is -0.382 e. The Kier molecular flexibility index (Phi) is 6.76. The van der Waals surface area contributed by atoms with Crippen molar-refractivity contribution in [3.63, 3.8) is 0 Å². The average Bonchev–Trinajstić information content (AvgIpc) is 2.39. The van der Waals surface area contributed by atoms with E-state index in [-0.39, 0.29) is 0 Å². The normalized spacial score (nSPS) is 15.9. The van der Waals surface area contributed by atoms with Crippen LogP contribution in [0.3, 0.4) is 0 Å². The van der Waals surface area contributed by atoms with E-state index in [0.29, 0.717) is 5.91 Å². The lowest BCUT2D eigenvalue weighted by atomic mass is 10.4. The van der Waals surface area contributed by atoms with Crippen LogP contribution in [0.15, 0.2) is 0 Å². The Hall–Kier alpha value is -0.570. The average molecular weight is 173 g/mol. The molecular weight excluding hydrogens is 154 g/mol. The fourth-order valence-corrected chi connectivity index (χ4v) is 0.987. The number of carbonyl (C=O) groups is 1. The highest BCUT2D eigenvalue weighted by atomic mass is 16.5. The fourth-order valence-electron chi connectivity index (χ4n) is 0.987. The van der Waals surface area contributed by atoms with E-state index in [9.17, 15) is 4.79 Å². The molecule has 0 saturated carbocycles. The summed E-state index contributed by atoms with van der Waals surface area (Å²) in [6.07, 6.45) is 1.81. The van der Waals surface area contributed by atoms with Gasteiger partial charge in [-0.05, 0) is 20.3 Å². The van der Waals surface area contributed by atoms with E-state index in [1.54, 1.807) is 4.90 Å². The number of amides is 1. The van der Waals surface area contributed by atoms with Crippen LogP contribution in [-0.4, -0.2) is 37.6 Å². The first kappa shape index (κ1) is 11.4. The SMILES string of the molecule is CCOCC.CN1CCCC1=O. The molecule has 0 atom stereocenters. The third-order valence-electron chi connectivity index (χ3n) is 1.72. The highest BCUT2D eigenvalue weighted by Crippen LogP contribution is 2.04. The summed E-state index contributed by atoms with van der Waals surface area (Å²) in [6.45, 7) is 6.62. The van der Waals surface area contributed by atoms with E-state index in [4.69, 9.17) is 4.74 Å². The van der Waals surface area contributed by atoms with Gasteiger partial charge in [-0.2, -0.15) is 0 Å². The van der Waals surface area contributed by atoms with Gasteiger partial charge in [-0.15, -0.1) is 0 Å². The Morgan fingerprint density at radius 3 is 2.08 bits per heavy atom. The summed E-state index contributed by atoms with van der Waals surface area (Å²) in [6, 6.07) is 0. The molecule has 1 aliphatic heterocycles. The van der Waals surface area contributed by atoms with Crippen LogP contribution in [-0.2, 0) is 9.53 Å². The number of hydrogen-bond acceptors (Lipinski definition) is 2. The lowest BCUT2D eigenvalue weighted by Gasteiger charge is -2.03. The van der Waals surface area contributed by atoms with Gasteiger partial charge in [0.1, 0.15) is 0 Å². The van der Waals surface area contributed by atoms with Gasteiger partial charge < -0.3 is 9.64 Å². The Morgan fingerprint density at radius 1 is 1.42 bits per heavy atom. The number of carbonyl (C=O) groups excluding carboxylic acids is 1. The maximum Gasteiger partial charge on any atom is 0.222 e. The van der Waals surface area contributed by atoms with Crippen LogP contribution in [0, 0.1) is 0 Å². The van der Waals surface area contributed by atoms with Crippen LogP contribution in [0.25, 0.3) is 0 Å². The van der Waals surface area contributed by atoms with Gasteiger partial charge in [0, 0.05) is 33.2 Å². The van der Waals surface area contributed by atoms with E-state index in [0.717, 1.165) is 32.6 Å². The van der Waals surface area contributed by atoms with Crippen molar-refractivity contribution in [2.45, 2.75) is 26.7 Å². The molecule has 0 unspecified atom stereocenters. The van der Waals surface area contributed by atoms with Crippen molar-refractivity contribution < 1.29 is 9.53 Å². The van der Waals surface area contributed by atoms with Gasteiger partial charge in [-0.3, -0.25) is 4.79 Å². The maximum absolute atomic E-state index is 10.5. The molecule has 0 aromatic heterocycles. The Bertz CT molecular complexity index is 124. The van der Waals surface area contributed by atoms with Crippen molar-refractivity contribution in [2.75, 3.05) is 26.8 Å². The zero-order chi connectivity index (χ0) is 9.40. The Morgan fingerprint density at radius 2 is 2.00 bits per heavy atom. The van der Waals surface area contributed by atoms with E-state index < -0.39 is 0 Å². The maximum atomic E-state index is 10.5. The molecule has 0 N–H and O–H groups in total. The molecule has 0 aliphatic carbocycles. The third-order valence-corrected chi connectivity index (χ3v) is 1.72. The molecular formula is C9H19NO2. The van der Waals surface area contributed by atoms with Crippen LogP contribution in [0.5, 0.6) is 0 Å². The molecule has 0 aromatic rings. The number of rotatable bonds is 2. The van der Waals surface area contributed by atoms with Crippen molar-refractivity contribution in [3.8, 4) is 0 Å². The number of likely N-dealkylation sites (tertiary alicyclic amines) is 1. The van der Waals surface area contributed by atoms with Gasteiger partial charge >= 0.3 is 0 Å². The molecule has 3 nitrogen and oxygen atoms in total. The minimum atomic E-state index is 0.292. The van der Waals surface area contributed by atoms with Gasteiger partial charge in [0.15, 0.2) is 0 Å². The van der Waals surface area contributed by atoms with E-state index in [1.165, 1.54) is 0 Å². The van der Waals surface area contributed by atoms with Gasteiger partial charge in [0.05, 0.1) is 0 Å². The summed E-state index contributed by atoms with van der Waals surface area (Å²) >= 11 is 0. The molecule has 1 saturated heterocycles. The molecule has 72 valence electrons. The number of ether oxygens (including phenoxy) is 1. The van der Waals surface area contributed by atoms with Crippen molar-refractivity contribution in [3.05, 3.63) is 0 Å². The van der Waals surface area contributed by atoms with Gasteiger partial charge in [0.2, 0.25) is 5.91 Å². The molecule has 1 aliphatic rings. The summed E-state index contributed by atoms with van der Waals surface area (Å²) < 4.78 is 4.83. The number of nitrogens with zero attached hydrogens (tertiary/aromatic N) is 1. The van der Waals surface area contributed by atoms with Crippen LogP contribution < -0.4 is 0 Å². The molecule has 0 aromatic carbocycles. The quantitative estimate of drug-likeness (QED) is 0.629. The van der Waals surface area contributed by atoms with Crippen molar-refractivity contribution in [1.29, 1.82) is 0 Å². The van der Waals surface area contributed by atoms with E-state index in [1.807, 2.05) is 20.9 Å². The third kappa shape index (κ3) is 5.13. The van der Waals surface area contributed by atoms with Crippen molar-refractivity contribution in [2.24, 2.45) is 0 Å². The van der Waals surface area contributed by atoms with Gasteiger partial charge in [-0.25, -0.2) is 0 Å². The molecule has 0 radical (unpaired) electrons. The second-order valence-corrected chi connectivity index (χ2v) is 2.70. The topological polar surface area (TPSA) is 29.5 Å². The zero-order valence-electron chi connectivity index (χ0n) is 8.30.